The molecule has 1 aliphatic rings. The summed E-state index contributed by atoms with van der Waals surface area (Å²) in [5.41, 5.74) is 1.08. The molecule has 1 aromatic carbocycles. The van der Waals surface area contributed by atoms with Gasteiger partial charge in [-0.15, -0.1) is 0 Å². The van der Waals surface area contributed by atoms with Crippen molar-refractivity contribution in [3.63, 3.8) is 0 Å². The summed E-state index contributed by atoms with van der Waals surface area (Å²) >= 11 is 0. The van der Waals surface area contributed by atoms with Gasteiger partial charge >= 0.3 is 5.97 Å². The van der Waals surface area contributed by atoms with Gasteiger partial charge in [-0.25, -0.2) is 4.79 Å². The van der Waals surface area contributed by atoms with Crippen LogP contribution in [-0.4, -0.2) is 17.6 Å². The molecule has 0 spiro atoms. The van der Waals surface area contributed by atoms with Crippen LogP contribution in [0.2, 0.25) is 0 Å². The maximum atomic E-state index is 11.5. The molecule has 1 aliphatic carbocycles. The van der Waals surface area contributed by atoms with Gasteiger partial charge in [0.05, 0.1) is 0 Å². The van der Waals surface area contributed by atoms with Crippen molar-refractivity contribution in [1.82, 2.24) is 5.32 Å². The highest BCUT2D eigenvalue weighted by molar-refractivity contribution is 5.80. The number of carbonyl (C=O) groups is 1. The van der Waals surface area contributed by atoms with Gasteiger partial charge in [0.25, 0.3) is 0 Å². The highest BCUT2D eigenvalue weighted by Crippen LogP contribution is 2.30. The molecule has 18 heavy (non-hydrogen) atoms. The lowest BCUT2D eigenvalue weighted by molar-refractivity contribution is -0.144. The normalized spacial score (nSPS) is 18.3. The van der Waals surface area contributed by atoms with E-state index in [1.54, 1.807) is 6.92 Å². The molecule has 3 heteroatoms. The van der Waals surface area contributed by atoms with E-state index >= 15 is 0 Å². The van der Waals surface area contributed by atoms with E-state index in [9.17, 15) is 9.90 Å². The minimum atomic E-state index is -0.977. The molecule has 1 saturated carbocycles. The van der Waals surface area contributed by atoms with Crippen LogP contribution in [0.5, 0.6) is 0 Å². The summed E-state index contributed by atoms with van der Waals surface area (Å²) in [5, 5.41) is 12.7. The van der Waals surface area contributed by atoms with Crippen molar-refractivity contribution in [2.75, 3.05) is 6.54 Å². The van der Waals surface area contributed by atoms with Gasteiger partial charge in [-0.2, -0.15) is 0 Å². The maximum Gasteiger partial charge on any atom is 0.328 e. The van der Waals surface area contributed by atoms with Crippen LogP contribution in [-0.2, 0) is 16.8 Å². The fourth-order valence-electron chi connectivity index (χ4n) is 2.05. The standard InChI is InChI=1S/C15H21NO2/c1-3-11-6-8-13(9-7-11)15(2,14(17)18)16-10-12-4-5-12/h6-9,12,16H,3-5,10H2,1-2H3,(H,17,18). The number of carboxylic acids is 1. The molecule has 0 aliphatic heterocycles. The summed E-state index contributed by atoms with van der Waals surface area (Å²) in [6, 6.07) is 7.87. The van der Waals surface area contributed by atoms with Crippen LogP contribution in [0.15, 0.2) is 24.3 Å². The number of benzene rings is 1. The Morgan fingerprint density at radius 2 is 2.00 bits per heavy atom. The molecule has 1 atom stereocenters. The second kappa shape index (κ2) is 5.11. The Bertz CT molecular complexity index is 423. The monoisotopic (exact) mass is 247 g/mol. The summed E-state index contributed by atoms with van der Waals surface area (Å²) < 4.78 is 0. The summed E-state index contributed by atoms with van der Waals surface area (Å²) in [5.74, 6) is -0.147. The van der Waals surface area contributed by atoms with Crippen LogP contribution in [0, 0.1) is 5.92 Å². The highest BCUT2D eigenvalue weighted by Gasteiger charge is 2.36. The SMILES string of the molecule is CCc1ccc(C(C)(NCC2CC2)C(=O)O)cc1. The van der Waals surface area contributed by atoms with Crippen molar-refractivity contribution in [2.45, 2.75) is 38.6 Å². The molecule has 0 aromatic heterocycles. The molecule has 1 fully saturated rings. The average molecular weight is 247 g/mol. The van der Waals surface area contributed by atoms with E-state index in [1.807, 2.05) is 24.3 Å². The zero-order chi connectivity index (χ0) is 13.2. The molecule has 3 nitrogen and oxygen atoms in total. The first-order valence-electron chi connectivity index (χ1n) is 6.64. The molecule has 0 radical (unpaired) electrons. The van der Waals surface area contributed by atoms with Gasteiger partial charge < -0.3 is 5.11 Å². The number of aliphatic carboxylic acids is 1. The molecule has 0 amide bonds. The van der Waals surface area contributed by atoms with Crippen molar-refractivity contribution < 1.29 is 9.90 Å². The fourth-order valence-corrected chi connectivity index (χ4v) is 2.05. The van der Waals surface area contributed by atoms with E-state index < -0.39 is 11.5 Å². The van der Waals surface area contributed by atoms with Gasteiger partial charge in [0.2, 0.25) is 0 Å². The number of hydrogen-bond acceptors (Lipinski definition) is 2. The maximum absolute atomic E-state index is 11.5. The Balaban J connectivity index is 2.17. The first-order valence-corrected chi connectivity index (χ1v) is 6.64. The molecule has 0 bridgehead atoms. The van der Waals surface area contributed by atoms with E-state index in [2.05, 4.69) is 12.2 Å². The van der Waals surface area contributed by atoms with Crippen molar-refractivity contribution >= 4 is 5.97 Å². The molecule has 0 saturated heterocycles. The Hall–Kier alpha value is -1.35. The molecule has 98 valence electrons. The lowest BCUT2D eigenvalue weighted by atomic mass is 9.91. The van der Waals surface area contributed by atoms with Crippen LogP contribution in [0.25, 0.3) is 0 Å². The van der Waals surface area contributed by atoms with Crippen LogP contribution >= 0.6 is 0 Å². The van der Waals surface area contributed by atoms with Crippen LogP contribution in [0.1, 0.15) is 37.8 Å². The smallest absolute Gasteiger partial charge is 0.328 e. The summed E-state index contributed by atoms with van der Waals surface area (Å²) in [6.45, 7) is 4.63. The molecule has 1 unspecified atom stereocenters. The lowest BCUT2D eigenvalue weighted by Crippen LogP contribution is -2.47. The highest BCUT2D eigenvalue weighted by atomic mass is 16.4. The van der Waals surface area contributed by atoms with Gasteiger partial charge in [-0.3, -0.25) is 5.32 Å². The van der Waals surface area contributed by atoms with Crippen molar-refractivity contribution in [3.05, 3.63) is 35.4 Å². The Morgan fingerprint density at radius 3 is 2.44 bits per heavy atom. The van der Waals surface area contributed by atoms with Crippen LogP contribution in [0.4, 0.5) is 0 Å². The Labute approximate surface area is 108 Å². The van der Waals surface area contributed by atoms with E-state index in [-0.39, 0.29) is 0 Å². The summed E-state index contributed by atoms with van der Waals surface area (Å²) in [7, 11) is 0. The largest absolute Gasteiger partial charge is 0.480 e. The third kappa shape index (κ3) is 2.72. The predicted molar refractivity (Wildman–Crippen MR) is 71.5 cm³/mol. The minimum Gasteiger partial charge on any atom is -0.480 e. The van der Waals surface area contributed by atoms with Gasteiger partial charge in [-0.05, 0) is 49.8 Å². The molecule has 2 rings (SSSR count). The van der Waals surface area contributed by atoms with E-state index in [0.717, 1.165) is 18.5 Å². The number of rotatable bonds is 6. The van der Waals surface area contributed by atoms with Gasteiger partial charge in [0.1, 0.15) is 5.54 Å². The van der Waals surface area contributed by atoms with Crippen molar-refractivity contribution in [1.29, 1.82) is 0 Å². The molecule has 1 aromatic rings. The van der Waals surface area contributed by atoms with Gasteiger partial charge in [0.15, 0.2) is 0 Å². The molecular weight excluding hydrogens is 226 g/mol. The van der Waals surface area contributed by atoms with E-state index in [1.165, 1.54) is 18.4 Å². The van der Waals surface area contributed by atoms with Crippen LogP contribution < -0.4 is 5.32 Å². The second-order valence-electron chi connectivity index (χ2n) is 5.30. The topological polar surface area (TPSA) is 49.3 Å². The zero-order valence-electron chi connectivity index (χ0n) is 11.1. The van der Waals surface area contributed by atoms with Crippen molar-refractivity contribution in [2.24, 2.45) is 5.92 Å². The molecule has 2 N–H and O–H groups in total. The van der Waals surface area contributed by atoms with Gasteiger partial charge in [-0.1, -0.05) is 31.2 Å². The summed E-state index contributed by atoms with van der Waals surface area (Å²) in [4.78, 5) is 11.5. The fraction of sp³-hybridized carbons (Fsp3) is 0.533. The average Bonchev–Trinajstić information content (AvgIpc) is 3.20. The van der Waals surface area contributed by atoms with Crippen LogP contribution in [0.3, 0.4) is 0 Å². The number of aryl methyl sites for hydroxylation is 1. The third-order valence-corrected chi connectivity index (χ3v) is 3.81. The molecule has 0 heterocycles. The minimum absolute atomic E-state index is 0.665. The first-order chi connectivity index (χ1) is 8.56. The third-order valence-electron chi connectivity index (χ3n) is 3.81. The Morgan fingerprint density at radius 1 is 1.39 bits per heavy atom. The lowest BCUT2D eigenvalue weighted by Gasteiger charge is -2.27. The number of carboxylic acid groups (broad SMARTS) is 1. The van der Waals surface area contributed by atoms with Crippen molar-refractivity contribution in [3.8, 4) is 0 Å². The van der Waals surface area contributed by atoms with E-state index in [4.69, 9.17) is 0 Å². The quantitative estimate of drug-likeness (QED) is 0.812. The number of hydrogen-bond donors (Lipinski definition) is 2. The predicted octanol–water partition coefficient (Wildman–Crippen LogP) is 2.55. The second-order valence-corrected chi connectivity index (χ2v) is 5.30. The summed E-state index contributed by atoms with van der Waals surface area (Å²) in [6.07, 6.45) is 3.41. The zero-order valence-corrected chi connectivity index (χ0v) is 11.1. The Kier molecular flexibility index (Phi) is 3.71. The molecular formula is C15H21NO2. The number of nitrogens with one attached hydrogen (secondary N) is 1. The first kappa shape index (κ1) is 13.1. The van der Waals surface area contributed by atoms with Gasteiger partial charge in [0, 0.05) is 0 Å². The van der Waals surface area contributed by atoms with E-state index in [0.29, 0.717) is 5.92 Å².